The predicted octanol–water partition coefficient (Wildman–Crippen LogP) is 2.67. The molecule has 136 valence electrons. The minimum absolute atomic E-state index is 0.164. The van der Waals surface area contributed by atoms with Gasteiger partial charge in [0.05, 0.1) is 7.11 Å². The Morgan fingerprint density at radius 2 is 1.93 bits per heavy atom. The molecule has 2 heterocycles. The molecule has 0 aliphatic carbocycles. The molecule has 2 N–H and O–H groups in total. The number of pyridine rings is 2. The molecule has 0 spiro atoms. The molecule has 0 saturated heterocycles. The molecule has 3 rings (SSSR count). The summed E-state index contributed by atoms with van der Waals surface area (Å²) in [4.78, 5) is 32.8. The molecular weight excluding hydrogens is 344 g/mol. The molecule has 2 amide bonds. The van der Waals surface area contributed by atoms with Crippen LogP contribution < -0.4 is 15.4 Å². The largest absolute Gasteiger partial charge is 0.497 e. The second-order valence-corrected chi connectivity index (χ2v) is 5.66. The highest BCUT2D eigenvalue weighted by Gasteiger charge is 2.12. The van der Waals surface area contributed by atoms with Crippen molar-refractivity contribution in [3.8, 4) is 5.75 Å². The second kappa shape index (κ2) is 8.57. The number of hydrogen-bond donors (Lipinski definition) is 2. The molecular formula is C20H18N4O3. The highest BCUT2D eigenvalue weighted by Crippen LogP contribution is 2.17. The van der Waals surface area contributed by atoms with Gasteiger partial charge in [0.15, 0.2) is 0 Å². The molecule has 0 fully saturated rings. The van der Waals surface area contributed by atoms with Gasteiger partial charge in [-0.05, 0) is 35.9 Å². The predicted molar refractivity (Wildman–Crippen MR) is 101 cm³/mol. The number of methoxy groups -OCH3 is 1. The van der Waals surface area contributed by atoms with Crippen LogP contribution in [0.4, 0.5) is 5.69 Å². The van der Waals surface area contributed by atoms with Crippen LogP contribution in [0.25, 0.3) is 0 Å². The van der Waals surface area contributed by atoms with E-state index in [0.29, 0.717) is 23.5 Å². The van der Waals surface area contributed by atoms with Gasteiger partial charge in [-0.25, -0.2) is 0 Å². The van der Waals surface area contributed by atoms with Gasteiger partial charge in [0.2, 0.25) is 0 Å². The van der Waals surface area contributed by atoms with Gasteiger partial charge in [0, 0.05) is 42.5 Å². The fraction of sp³-hybridized carbons (Fsp3) is 0.100. The van der Waals surface area contributed by atoms with Crippen molar-refractivity contribution < 1.29 is 14.3 Å². The molecule has 0 bridgehead atoms. The number of nitrogens with zero attached hydrogens (tertiary/aromatic N) is 2. The number of benzene rings is 1. The summed E-state index contributed by atoms with van der Waals surface area (Å²) in [5.74, 6) is -0.0696. The second-order valence-electron chi connectivity index (χ2n) is 5.66. The van der Waals surface area contributed by atoms with Crippen LogP contribution >= 0.6 is 0 Å². The van der Waals surface area contributed by atoms with Gasteiger partial charge in [0.25, 0.3) is 11.8 Å². The van der Waals surface area contributed by atoms with Crippen LogP contribution in [0.1, 0.15) is 26.4 Å². The van der Waals surface area contributed by atoms with Gasteiger partial charge in [-0.15, -0.1) is 0 Å². The Morgan fingerprint density at radius 1 is 1.04 bits per heavy atom. The number of rotatable bonds is 6. The standard InChI is InChI=1S/C20H18N4O3/c1-27-17-6-2-5-16(11-17)24-19(25)15-7-9-22-18(10-15)20(26)23-13-14-4-3-8-21-12-14/h2-12H,13H2,1H3,(H,23,26)(H,24,25). The van der Waals surface area contributed by atoms with Crippen LogP contribution in [0.3, 0.4) is 0 Å². The minimum atomic E-state index is -0.366. The van der Waals surface area contributed by atoms with Crippen molar-refractivity contribution in [1.82, 2.24) is 15.3 Å². The molecule has 0 unspecified atom stereocenters. The number of carbonyl (C=O) groups is 2. The van der Waals surface area contributed by atoms with E-state index in [9.17, 15) is 9.59 Å². The molecule has 1 aromatic carbocycles. The zero-order valence-electron chi connectivity index (χ0n) is 14.7. The Hall–Kier alpha value is -3.74. The van der Waals surface area contributed by atoms with Crippen molar-refractivity contribution in [2.75, 3.05) is 12.4 Å². The van der Waals surface area contributed by atoms with Crippen molar-refractivity contribution in [3.63, 3.8) is 0 Å². The third kappa shape index (κ3) is 4.88. The van der Waals surface area contributed by atoms with Crippen LogP contribution in [-0.2, 0) is 6.54 Å². The van der Waals surface area contributed by atoms with Gasteiger partial charge >= 0.3 is 0 Å². The zero-order valence-corrected chi connectivity index (χ0v) is 14.7. The summed E-state index contributed by atoms with van der Waals surface area (Å²) in [5.41, 5.74) is 1.97. The maximum atomic E-state index is 12.4. The normalized spacial score (nSPS) is 10.1. The summed E-state index contributed by atoms with van der Waals surface area (Å²) in [5, 5.41) is 5.53. The van der Waals surface area contributed by atoms with E-state index in [0.717, 1.165) is 5.56 Å². The monoisotopic (exact) mass is 362 g/mol. The summed E-state index contributed by atoms with van der Waals surface area (Å²) in [6.07, 6.45) is 4.77. The first kappa shape index (κ1) is 18.1. The molecule has 0 aliphatic rings. The molecule has 3 aromatic rings. The van der Waals surface area contributed by atoms with E-state index in [1.807, 2.05) is 6.07 Å². The molecule has 7 nitrogen and oxygen atoms in total. The molecule has 0 radical (unpaired) electrons. The lowest BCUT2D eigenvalue weighted by atomic mass is 10.2. The number of amides is 2. The number of nitrogens with one attached hydrogen (secondary N) is 2. The van der Waals surface area contributed by atoms with Gasteiger partial charge in [-0.2, -0.15) is 0 Å². The first-order valence-electron chi connectivity index (χ1n) is 8.24. The maximum absolute atomic E-state index is 12.4. The number of aromatic nitrogens is 2. The number of carbonyl (C=O) groups excluding carboxylic acids is 2. The van der Waals surface area contributed by atoms with Gasteiger partial charge in [-0.3, -0.25) is 19.6 Å². The smallest absolute Gasteiger partial charge is 0.270 e. The van der Waals surface area contributed by atoms with Gasteiger partial charge in [-0.1, -0.05) is 12.1 Å². The topological polar surface area (TPSA) is 93.2 Å². The van der Waals surface area contributed by atoms with Crippen molar-refractivity contribution in [2.24, 2.45) is 0 Å². The highest BCUT2D eigenvalue weighted by molar-refractivity contribution is 6.05. The van der Waals surface area contributed by atoms with Crippen molar-refractivity contribution in [1.29, 1.82) is 0 Å². The summed E-state index contributed by atoms with van der Waals surface area (Å²) in [7, 11) is 1.56. The Kier molecular flexibility index (Phi) is 5.73. The third-order valence-corrected chi connectivity index (χ3v) is 3.76. The van der Waals surface area contributed by atoms with E-state index in [2.05, 4.69) is 20.6 Å². The summed E-state index contributed by atoms with van der Waals surface area (Å²) >= 11 is 0. The third-order valence-electron chi connectivity index (χ3n) is 3.76. The lowest BCUT2D eigenvalue weighted by molar-refractivity contribution is 0.0946. The fourth-order valence-electron chi connectivity index (χ4n) is 2.38. The molecule has 27 heavy (non-hydrogen) atoms. The first-order chi connectivity index (χ1) is 13.2. The van der Waals surface area contributed by atoms with Crippen LogP contribution in [0, 0.1) is 0 Å². The van der Waals surface area contributed by atoms with E-state index in [-0.39, 0.29) is 17.5 Å². The molecule has 0 saturated carbocycles. The number of hydrogen-bond acceptors (Lipinski definition) is 5. The summed E-state index contributed by atoms with van der Waals surface area (Å²) in [6, 6.07) is 13.7. The highest BCUT2D eigenvalue weighted by atomic mass is 16.5. The van der Waals surface area contributed by atoms with Crippen molar-refractivity contribution in [3.05, 3.63) is 83.9 Å². The molecule has 7 heteroatoms. The van der Waals surface area contributed by atoms with Crippen molar-refractivity contribution >= 4 is 17.5 Å². The number of ether oxygens (including phenoxy) is 1. The summed E-state index contributed by atoms with van der Waals surface area (Å²) in [6.45, 7) is 0.328. The van der Waals surface area contributed by atoms with E-state index in [1.54, 1.807) is 55.9 Å². The molecule has 0 aliphatic heterocycles. The van der Waals surface area contributed by atoms with E-state index in [4.69, 9.17) is 4.74 Å². The average Bonchev–Trinajstić information content (AvgIpc) is 2.73. The van der Waals surface area contributed by atoms with Gasteiger partial charge in [0.1, 0.15) is 11.4 Å². The fourth-order valence-corrected chi connectivity index (χ4v) is 2.38. The van der Waals surface area contributed by atoms with Crippen LogP contribution in [-0.4, -0.2) is 28.9 Å². The molecule has 0 atom stereocenters. The lowest BCUT2D eigenvalue weighted by Gasteiger charge is -2.08. The average molecular weight is 362 g/mol. The quantitative estimate of drug-likeness (QED) is 0.703. The van der Waals surface area contributed by atoms with E-state index >= 15 is 0 Å². The van der Waals surface area contributed by atoms with Crippen molar-refractivity contribution in [2.45, 2.75) is 6.54 Å². The van der Waals surface area contributed by atoms with E-state index < -0.39 is 0 Å². The Balaban J connectivity index is 1.66. The molecule has 2 aromatic heterocycles. The van der Waals surface area contributed by atoms with Crippen LogP contribution in [0.2, 0.25) is 0 Å². The van der Waals surface area contributed by atoms with Crippen LogP contribution in [0.15, 0.2) is 67.1 Å². The number of anilines is 1. The van der Waals surface area contributed by atoms with Gasteiger partial charge < -0.3 is 15.4 Å². The first-order valence-corrected chi connectivity index (χ1v) is 8.24. The Bertz CT molecular complexity index is 945. The maximum Gasteiger partial charge on any atom is 0.270 e. The van der Waals surface area contributed by atoms with E-state index in [1.165, 1.54) is 12.3 Å². The zero-order chi connectivity index (χ0) is 19.1. The Morgan fingerprint density at radius 3 is 2.70 bits per heavy atom. The minimum Gasteiger partial charge on any atom is -0.497 e. The summed E-state index contributed by atoms with van der Waals surface area (Å²) < 4.78 is 5.14. The lowest BCUT2D eigenvalue weighted by Crippen LogP contribution is -2.24. The SMILES string of the molecule is COc1cccc(NC(=O)c2ccnc(C(=O)NCc3cccnc3)c2)c1. The van der Waals surface area contributed by atoms with Crippen LogP contribution in [0.5, 0.6) is 5.75 Å². The Labute approximate surface area is 156 Å².